The smallest absolute Gasteiger partial charge is 0.251 e. The minimum atomic E-state index is -0.0853. The molecule has 6 nitrogen and oxygen atoms in total. The van der Waals surface area contributed by atoms with Crippen LogP contribution in [0.2, 0.25) is 0 Å². The molecule has 1 aromatic heterocycles. The van der Waals surface area contributed by atoms with Crippen molar-refractivity contribution in [3.05, 3.63) is 44.6 Å². The molecule has 8 heteroatoms. The Bertz CT molecular complexity index is 822. The molecule has 2 aromatic rings. The van der Waals surface area contributed by atoms with E-state index in [0.717, 1.165) is 54.4 Å². The molecule has 1 aliphatic heterocycles. The van der Waals surface area contributed by atoms with Crippen LogP contribution in [-0.2, 0) is 6.61 Å². The van der Waals surface area contributed by atoms with Gasteiger partial charge in [-0.1, -0.05) is 6.92 Å². The van der Waals surface area contributed by atoms with E-state index in [1.807, 2.05) is 12.1 Å². The third kappa shape index (κ3) is 6.70. The van der Waals surface area contributed by atoms with E-state index in [1.165, 1.54) is 0 Å². The fourth-order valence-corrected chi connectivity index (χ4v) is 4.84. The quantitative estimate of drug-likeness (QED) is 0.507. The maximum Gasteiger partial charge on any atom is 0.251 e. The summed E-state index contributed by atoms with van der Waals surface area (Å²) in [6.07, 6.45) is 0.951. The number of carbonyl (C=O) groups excluding carboxylic acids is 1. The second-order valence-corrected chi connectivity index (χ2v) is 9.79. The summed E-state index contributed by atoms with van der Waals surface area (Å²) in [6.45, 7) is 10.00. The number of likely N-dealkylation sites (N-methyl/N-ethyl adjacent to an activating group) is 1. The molecule has 1 N–H and O–H groups in total. The summed E-state index contributed by atoms with van der Waals surface area (Å²) in [5.74, 6) is 1.11. The topological polar surface area (TPSA) is 54.0 Å². The number of hydrogen-bond donors (Lipinski definition) is 1. The van der Waals surface area contributed by atoms with Crippen LogP contribution < -0.4 is 14.8 Å². The lowest BCUT2D eigenvalue weighted by molar-refractivity contribution is 0.0948. The molecule has 1 aromatic carbocycles. The molecule has 0 saturated carbocycles. The first-order valence-electron chi connectivity index (χ1n) is 10.4. The van der Waals surface area contributed by atoms with Crippen molar-refractivity contribution >= 4 is 33.2 Å². The molecule has 0 radical (unpaired) electrons. The summed E-state index contributed by atoms with van der Waals surface area (Å²) in [5, 5.41) is 3.01. The van der Waals surface area contributed by atoms with Gasteiger partial charge in [0.1, 0.15) is 6.61 Å². The van der Waals surface area contributed by atoms with Gasteiger partial charge in [0.25, 0.3) is 5.91 Å². The Hall–Kier alpha value is -1.61. The minimum absolute atomic E-state index is 0.0853. The van der Waals surface area contributed by atoms with Crippen LogP contribution in [0.1, 0.15) is 28.6 Å². The highest BCUT2D eigenvalue weighted by atomic mass is 79.9. The molecule has 0 aliphatic carbocycles. The summed E-state index contributed by atoms with van der Waals surface area (Å²) < 4.78 is 12.4. The zero-order valence-corrected chi connectivity index (χ0v) is 20.1. The van der Waals surface area contributed by atoms with E-state index in [0.29, 0.717) is 30.2 Å². The number of amides is 1. The molecule has 3 rings (SSSR count). The Morgan fingerprint density at radius 1 is 1.13 bits per heavy atom. The molecular formula is C22H30BrN3O3S. The number of halogens is 1. The highest BCUT2D eigenvalue weighted by Crippen LogP contribution is 2.30. The number of benzene rings is 1. The maximum atomic E-state index is 12.5. The minimum Gasteiger partial charge on any atom is -0.493 e. The van der Waals surface area contributed by atoms with Crippen LogP contribution in [0.4, 0.5) is 0 Å². The van der Waals surface area contributed by atoms with Gasteiger partial charge in [-0.2, -0.15) is 0 Å². The number of methoxy groups -OCH3 is 1. The van der Waals surface area contributed by atoms with E-state index in [2.05, 4.69) is 38.0 Å². The van der Waals surface area contributed by atoms with Crippen LogP contribution in [0.3, 0.4) is 0 Å². The first kappa shape index (κ1) is 23.1. The predicted octanol–water partition coefficient (Wildman–Crippen LogP) is 3.86. The average molecular weight is 496 g/mol. The summed E-state index contributed by atoms with van der Waals surface area (Å²) in [4.78, 5) is 18.6. The number of carbonyl (C=O) groups is 1. The fraction of sp³-hybridized carbons (Fsp3) is 0.500. The SMILES string of the molecule is CCN1CCN(CCCNC(=O)c2ccc(OCc3ccc(Br)s3)c(OC)c2)CC1. The standard InChI is InChI=1S/C22H30BrN3O3S/c1-3-25-11-13-26(14-12-25)10-4-9-24-22(27)17-5-7-19(20(15-17)28-2)29-16-18-6-8-21(23)30-18/h5-8,15H,3-4,9-14,16H2,1-2H3,(H,24,27). The summed E-state index contributed by atoms with van der Waals surface area (Å²) >= 11 is 5.09. The normalized spacial score (nSPS) is 15.2. The average Bonchev–Trinajstić information content (AvgIpc) is 3.20. The second-order valence-electron chi connectivity index (χ2n) is 7.25. The molecule has 0 atom stereocenters. The number of nitrogens with zero attached hydrogens (tertiary/aromatic N) is 2. The molecule has 1 saturated heterocycles. The van der Waals surface area contributed by atoms with Crippen LogP contribution in [0.25, 0.3) is 0 Å². The van der Waals surface area contributed by atoms with Gasteiger partial charge >= 0.3 is 0 Å². The summed E-state index contributed by atoms with van der Waals surface area (Å²) in [6, 6.07) is 9.33. The van der Waals surface area contributed by atoms with Crippen molar-refractivity contribution in [2.45, 2.75) is 20.0 Å². The van der Waals surface area contributed by atoms with E-state index in [-0.39, 0.29) is 5.91 Å². The zero-order chi connectivity index (χ0) is 21.3. The molecule has 30 heavy (non-hydrogen) atoms. The molecule has 1 amide bonds. The third-order valence-corrected chi connectivity index (χ3v) is 6.87. The van der Waals surface area contributed by atoms with Gasteiger partial charge < -0.3 is 24.6 Å². The van der Waals surface area contributed by atoms with Crippen molar-refractivity contribution in [3.8, 4) is 11.5 Å². The highest BCUT2D eigenvalue weighted by Gasteiger charge is 2.15. The monoisotopic (exact) mass is 495 g/mol. The first-order valence-corrected chi connectivity index (χ1v) is 12.0. The number of thiophene rings is 1. The summed E-state index contributed by atoms with van der Waals surface area (Å²) in [5.41, 5.74) is 0.578. The molecule has 164 valence electrons. The Morgan fingerprint density at radius 2 is 1.90 bits per heavy atom. The van der Waals surface area contributed by atoms with Gasteiger partial charge in [0, 0.05) is 43.2 Å². The van der Waals surface area contributed by atoms with Crippen LogP contribution >= 0.6 is 27.3 Å². The summed E-state index contributed by atoms with van der Waals surface area (Å²) in [7, 11) is 1.59. The third-order valence-electron chi connectivity index (χ3n) is 5.27. The van der Waals surface area contributed by atoms with E-state index < -0.39 is 0 Å². The van der Waals surface area contributed by atoms with E-state index in [4.69, 9.17) is 9.47 Å². The van der Waals surface area contributed by atoms with E-state index in [9.17, 15) is 4.79 Å². The zero-order valence-electron chi connectivity index (χ0n) is 17.7. The number of piperazine rings is 1. The largest absolute Gasteiger partial charge is 0.493 e. The first-order chi connectivity index (χ1) is 14.6. The lowest BCUT2D eigenvalue weighted by Gasteiger charge is -2.33. The van der Waals surface area contributed by atoms with Crippen molar-refractivity contribution in [1.29, 1.82) is 0 Å². The van der Waals surface area contributed by atoms with Gasteiger partial charge in [-0.15, -0.1) is 11.3 Å². The van der Waals surface area contributed by atoms with Gasteiger partial charge in [-0.05, 0) is 65.8 Å². The number of ether oxygens (including phenoxy) is 2. The number of hydrogen-bond acceptors (Lipinski definition) is 6. The molecule has 0 bridgehead atoms. The van der Waals surface area contributed by atoms with Crippen LogP contribution in [0.15, 0.2) is 34.1 Å². The lowest BCUT2D eigenvalue weighted by Crippen LogP contribution is -2.46. The van der Waals surface area contributed by atoms with Gasteiger partial charge in [-0.3, -0.25) is 4.79 Å². The van der Waals surface area contributed by atoms with Crippen molar-refractivity contribution in [1.82, 2.24) is 15.1 Å². The Labute approximate surface area is 191 Å². The molecule has 0 unspecified atom stereocenters. The van der Waals surface area contributed by atoms with Crippen LogP contribution in [0, 0.1) is 0 Å². The molecule has 2 heterocycles. The Kier molecular flexibility index (Phi) is 8.99. The van der Waals surface area contributed by atoms with Crippen molar-refractivity contribution in [2.24, 2.45) is 0 Å². The van der Waals surface area contributed by atoms with Crippen molar-refractivity contribution in [2.75, 3.05) is 52.9 Å². The van der Waals surface area contributed by atoms with Gasteiger partial charge in [-0.25, -0.2) is 0 Å². The molecule has 1 aliphatic rings. The van der Waals surface area contributed by atoms with Crippen molar-refractivity contribution in [3.63, 3.8) is 0 Å². The van der Waals surface area contributed by atoms with Crippen LogP contribution in [0.5, 0.6) is 11.5 Å². The van der Waals surface area contributed by atoms with E-state index >= 15 is 0 Å². The molecular weight excluding hydrogens is 466 g/mol. The van der Waals surface area contributed by atoms with Gasteiger partial charge in [0.15, 0.2) is 11.5 Å². The Balaban J connectivity index is 1.44. The Morgan fingerprint density at radius 3 is 2.57 bits per heavy atom. The fourth-order valence-electron chi connectivity index (χ4n) is 3.44. The van der Waals surface area contributed by atoms with Crippen molar-refractivity contribution < 1.29 is 14.3 Å². The van der Waals surface area contributed by atoms with E-state index in [1.54, 1.807) is 36.6 Å². The number of rotatable bonds is 10. The number of nitrogens with one attached hydrogen (secondary N) is 1. The van der Waals surface area contributed by atoms with Gasteiger partial charge in [0.05, 0.1) is 10.9 Å². The van der Waals surface area contributed by atoms with Crippen LogP contribution in [-0.4, -0.2) is 68.6 Å². The molecule has 1 fully saturated rings. The highest BCUT2D eigenvalue weighted by molar-refractivity contribution is 9.11. The lowest BCUT2D eigenvalue weighted by atomic mass is 10.2. The second kappa shape index (κ2) is 11.7. The predicted molar refractivity (Wildman–Crippen MR) is 125 cm³/mol. The maximum absolute atomic E-state index is 12.5. The molecule has 0 spiro atoms. The van der Waals surface area contributed by atoms with Gasteiger partial charge in [0.2, 0.25) is 0 Å².